The Morgan fingerprint density at radius 2 is 1.90 bits per heavy atom. The summed E-state index contributed by atoms with van der Waals surface area (Å²) in [5.41, 5.74) is 1.89. The van der Waals surface area contributed by atoms with Crippen molar-refractivity contribution in [2.75, 3.05) is 5.32 Å². The molecule has 0 saturated carbocycles. The van der Waals surface area contributed by atoms with E-state index in [4.69, 9.17) is 0 Å². The van der Waals surface area contributed by atoms with E-state index in [1.807, 2.05) is 36.0 Å². The number of hydrogen-bond acceptors (Lipinski definition) is 2. The van der Waals surface area contributed by atoms with Gasteiger partial charge in [0.2, 0.25) is 11.9 Å². The number of hydrogen-bond donors (Lipinski definition) is 1. The third-order valence-electron chi connectivity index (χ3n) is 3.21. The molecule has 1 heterocycles. The van der Waals surface area contributed by atoms with Crippen molar-refractivity contribution in [2.24, 2.45) is 7.05 Å². The van der Waals surface area contributed by atoms with Crippen molar-refractivity contribution in [1.29, 1.82) is 0 Å². The first kappa shape index (κ1) is 12.4. The van der Waals surface area contributed by atoms with Crippen LogP contribution in [0.25, 0.3) is 22.0 Å². The Morgan fingerprint density at radius 1 is 1.15 bits per heavy atom. The molecule has 100 valence electrons. The molecule has 0 aliphatic heterocycles. The number of nitrogens with one attached hydrogen (secondary N) is 1. The van der Waals surface area contributed by atoms with Gasteiger partial charge < -0.3 is 4.57 Å². The van der Waals surface area contributed by atoms with E-state index >= 15 is 0 Å². The molecule has 0 radical (unpaired) electrons. The summed E-state index contributed by atoms with van der Waals surface area (Å²) in [6, 6.07) is 14.4. The van der Waals surface area contributed by atoms with Crippen LogP contribution in [0.2, 0.25) is 0 Å². The van der Waals surface area contributed by atoms with Crippen LogP contribution in [0.3, 0.4) is 0 Å². The van der Waals surface area contributed by atoms with E-state index in [1.165, 1.54) is 17.7 Å². The van der Waals surface area contributed by atoms with Crippen LogP contribution >= 0.6 is 0 Å². The Balaban J connectivity index is 2.04. The van der Waals surface area contributed by atoms with Crippen LogP contribution in [0.4, 0.5) is 5.95 Å². The van der Waals surface area contributed by atoms with Gasteiger partial charge in [0.15, 0.2) is 0 Å². The van der Waals surface area contributed by atoms with Gasteiger partial charge in [-0.1, -0.05) is 36.4 Å². The van der Waals surface area contributed by atoms with E-state index in [0.29, 0.717) is 5.95 Å². The molecule has 4 nitrogen and oxygen atoms in total. The fraction of sp³-hybridized carbons (Fsp3) is 0.125. The number of nitrogens with zero attached hydrogens (tertiary/aromatic N) is 2. The highest BCUT2D eigenvalue weighted by Crippen LogP contribution is 2.24. The third kappa shape index (κ3) is 2.28. The number of carbonyl (C=O) groups excluding carboxylic acids is 1. The summed E-state index contributed by atoms with van der Waals surface area (Å²) < 4.78 is 1.81. The number of rotatable bonds is 2. The van der Waals surface area contributed by atoms with Crippen molar-refractivity contribution in [3.05, 3.63) is 48.7 Å². The lowest BCUT2D eigenvalue weighted by atomic mass is 10.1. The Labute approximate surface area is 117 Å². The summed E-state index contributed by atoms with van der Waals surface area (Å²) in [5, 5.41) is 5.09. The number of imidazole rings is 1. The Bertz CT molecular complexity index is 789. The second-order valence-electron chi connectivity index (χ2n) is 4.80. The van der Waals surface area contributed by atoms with Gasteiger partial charge in [0, 0.05) is 25.7 Å². The summed E-state index contributed by atoms with van der Waals surface area (Å²) in [6.07, 6.45) is 1.91. The van der Waals surface area contributed by atoms with Crippen LogP contribution < -0.4 is 5.32 Å². The molecule has 3 aromatic rings. The minimum absolute atomic E-state index is 0.122. The van der Waals surface area contributed by atoms with Crippen molar-refractivity contribution >= 4 is 22.6 Å². The zero-order valence-corrected chi connectivity index (χ0v) is 11.4. The number of aryl methyl sites for hydroxylation is 1. The van der Waals surface area contributed by atoms with Crippen molar-refractivity contribution in [2.45, 2.75) is 6.92 Å². The van der Waals surface area contributed by atoms with E-state index in [-0.39, 0.29) is 5.91 Å². The first-order valence-corrected chi connectivity index (χ1v) is 6.43. The Hall–Kier alpha value is -2.62. The van der Waals surface area contributed by atoms with Crippen LogP contribution in [0, 0.1) is 0 Å². The number of carbonyl (C=O) groups is 1. The lowest BCUT2D eigenvalue weighted by Gasteiger charge is -2.00. The smallest absolute Gasteiger partial charge is 0.223 e. The summed E-state index contributed by atoms with van der Waals surface area (Å²) in [4.78, 5) is 15.6. The summed E-state index contributed by atoms with van der Waals surface area (Å²) in [5.74, 6) is 0.435. The van der Waals surface area contributed by atoms with E-state index in [9.17, 15) is 4.79 Å². The molecule has 2 aromatic carbocycles. The molecule has 3 rings (SSSR count). The first-order chi connectivity index (χ1) is 9.63. The molecule has 0 atom stereocenters. The third-order valence-corrected chi connectivity index (χ3v) is 3.21. The largest absolute Gasteiger partial charge is 0.320 e. The highest BCUT2D eigenvalue weighted by atomic mass is 16.1. The summed E-state index contributed by atoms with van der Waals surface area (Å²) in [7, 11) is 1.86. The van der Waals surface area contributed by atoms with Crippen molar-refractivity contribution < 1.29 is 4.79 Å². The predicted octanol–water partition coefficient (Wildman–Crippen LogP) is 3.20. The highest BCUT2D eigenvalue weighted by Gasteiger charge is 2.08. The quantitative estimate of drug-likeness (QED) is 0.773. The average Bonchev–Trinajstić information content (AvgIpc) is 2.79. The molecule has 0 aliphatic rings. The monoisotopic (exact) mass is 265 g/mol. The van der Waals surface area contributed by atoms with Crippen molar-refractivity contribution in [1.82, 2.24) is 9.55 Å². The molecule has 0 fully saturated rings. The maximum atomic E-state index is 11.1. The highest BCUT2D eigenvalue weighted by molar-refractivity contribution is 5.88. The number of aromatic nitrogens is 2. The zero-order chi connectivity index (χ0) is 14.1. The lowest BCUT2D eigenvalue weighted by Crippen LogP contribution is -2.09. The first-order valence-electron chi connectivity index (χ1n) is 6.43. The van der Waals surface area contributed by atoms with Gasteiger partial charge in [-0.25, -0.2) is 4.98 Å². The number of benzene rings is 2. The zero-order valence-electron chi connectivity index (χ0n) is 11.4. The van der Waals surface area contributed by atoms with Gasteiger partial charge in [0.05, 0.1) is 5.69 Å². The molecule has 0 unspecified atom stereocenters. The number of amides is 1. The summed E-state index contributed by atoms with van der Waals surface area (Å²) in [6.45, 7) is 1.48. The van der Waals surface area contributed by atoms with Gasteiger partial charge in [-0.3, -0.25) is 10.1 Å². The van der Waals surface area contributed by atoms with Crippen LogP contribution in [0.15, 0.2) is 48.7 Å². The minimum atomic E-state index is -0.122. The predicted molar refractivity (Wildman–Crippen MR) is 80.5 cm³/mol. The molecule has 0 spiro atoms. The number of anilines is 1. The molecule has 20 heavy (non-hydrogen) atoms. The van der Waals surface area contributed by atoms with Gasteiger partial charge in [-0.15, -0.1) is 0 Å². The Kier molecular flexibility index (Phi) is 2.99. The molecular formula is C16H15N3O. The maximum absolute atomic E-state index is 11.1. The molecule has 4 heteroatoms. The van der Waals surface area contributed by atoms with Crippen molar-refractivity contribution in [3.8, 4) is 11.3 Å². The van der Waals surface area contributed by atoms with Crippen LogP contribution in [0.1, 0.15) is 6.92 Å². The normalized spacial score (nSPS) is 10.7. The maximum Gasteiger partial charge on any atom is 0.223 e. The topological polar surface area (TPSA) is 46.9 Å². The SMILES string of the molecule is CC(=O)Nc1nc(-c2ccc3ccccc3c2)cn1C. The van der Waals surface area contributed by atoms with Crippen LogP contribution in [0.5, 0.6) is 0 Å². The average molecular weight is 265 g/mol. The second kappa shape index (κ2) is 4.81. The van der Waals surface area contributed by atoms with Gasteiger partial charge in [0.1, 0.15) is 0 Å². The standard InChI is InChI=1S/C16H15N3O/c1-11(20)17-16-18-15(10-19(16)2)14-8-7-12-5-3-4-6-13(12)9-14/h3-10H,1-2H3,(H,17,18,20). The lowest BCUT2D eigenvalue weighted by molar-refractivity contribution is -0.114. The van der Waals surface area contributed by atoms with E-state index in [2.05, 4.69) is 34.6 Å². The Morgan fingerprint density at radius 3 is 2.65 bits per heavy atom. The van der Waals surface area contributed by atoms with E-state index in [1.54, 1.807) is 0 Å². The fourth-order valence-corrected chi connectivity index (χ4v) is 2.23. The number of fused-ring (bicyclic) bond motifs is 1. The molecular weight excluding hydrogens is 250 g/mol. The van der Waals surface area contributed by atoms with Crippen LogP contribution in [-0.4, -0.2) is 15.5 Å². The van der Waals surface area contributed by atoms with Gasteiger partial charge in [0.25, 0.3) is 0 Å². The second-order valence-corrected chi connectivity index (χ2v) is 4.80. The molecule has 0 saturated heterocycles. The molecule has 1 aromatic heterocycles. The molecule has 0 aliphatic carbocycles. The summed E-state index contributed by atoms with van der Waals surface area (Å²) >= 11 is 0. The molecule has 1 amide bonds. The van der Waals surface area contributed by atoms with Gasteiger partial charge in [-0.05, 0) is 16.8 Å². The van der Waals surface area contributed by atoms with E-state index in [0.717, 1.165) is 11.3 Å². The minimum Gasteiger partial charge on any atom is -0.320 e. The van der Waals surface area contributed by atoms with Gasteiger partial charge in [-0.2, -0.15) is 0 Å². The van der Waals surface area contributed by atoms with Crippen molar-refractivity contribution in [3.63, 3.8) is 0 Å². The van der Waals surface area contributed by atoms with Crippen LogP contribution in [-0.2, 0) is 11.8 Å². The van der Waals surface area contributed by atoms with Gasteiger partial charge >= 0.3 is 0 Å². The fourth-order valence-electron chi connectivity index (χ4n) is 2.23. The van der Waals surface area contributed by atoms with E-state index < -0.39 is 0 Å². The molecule has 1 N–H and O–H groups in total. The molecule has 0 bridgehead atoms.